The first-order valence-electron chi connectivity index (χ1n) is 11.7. The Hall–Kier alpha value is -4.86. The molecule has 38 heavy (non-hydrogen) atoms. The Morgan fingerprint density at radius 1 is 1.16 bits per heavy atom. The summed E-state index contributed by atoms with van der Waals surface area (Å²) in [5, 5.41) is 23.3. The maximum Gasteiger partial charge on any atom is 0.266 e. The van der Waals surface area contributed by atoms with E-state index in [0.717, 1.165) is 33.6 Å². The van der Waals surface area contributed by atoms with Gasteiger partial charge in [-0.25, -0.2) is 0 Å². The molecule has 0 spiro atoms. The molecule has 4 rings (SSSR count). The summed E-state index contributed by atoms with van der Waals surface area (Å²) in [6.07, 6.45) is 3.44. The van der Waals surface area contributed by atoms with Crippen molar-refractivity contribution in [3.05, 3.63) is 87.4 Å². The molecule has 0 bridgehead atoms. The van der Waals surface area contributed by atoms with Gasteiger partial charge in [0.15, 0.2) is 0 Å². The molecule has 0 aliphatic rings. The van der Waals surface area contributed by atoms with Crippen LogP contribution in [0.4, 0.5) is 5.00 Å². The molecule has 8 nitrogen and oxygen atoms in total. The molecular formula is C29H25N5O3S. The number of aromatic nitrogens is 1. The van der Waals surface area contributed by atoms with Crippen LogP contribution in [0.5, 0.6) is 5.75 Å². The average Bonchev–Trinajstić information content (AvgIpc) is 3.42. The minimum absolute atomic E-state index is 0.121. The van der Waals surface area contributed by atoms with Crippen LogP contribution in [0.2, 0.25) is 0 Å². The van der Waals surface area contributed by atoms with Crippen LogP contribution in [0.25, 0.3) is 17.0 Å². The number of benzene rings is 2. The standard InChI is InChI=1S/C29H25N5O3S/c1-18-24(15-31)28(38-26(18)29(36)33(2)3)32-27(35)20(14-30)13-21-17-34(25-11-6-5-10-23(21)25)16-19-8-7-9-22(12-19)37-4/h5-13,17H,16H2,1-4H3,(H,32,35)/b20-13+. The summed E-state index contributed by atoms with van der Waals surface area (Å²) in [5.41, 5.74) is 3.28. The van der Waals surface area contributed by atoms with E-state index in [-0.39, 0.29) is 22.0 Å². The number of amides is 2. The van der Waals surface area contributed by atoms with Crippen LogP contribution in [0.3, 0.4) is 0 Å². The van der Waals surface area contributed by atoms with E-state index < -0.39 is 5.91 Å². The lowest BCUT2D eigenvalue weighted by Crippen LogP contribution is -2.21. The summed E-state index contributed by atoms with van der Waals surface area (Å²) in [7, 11) is 4.86. The van der Waals surface area contributed by atoms with Crippen molar-refractivity contribution in [1.29, 1.82) is 10.5 Å². The van der Waals surface area contributed by atoms with Gasteiger partial charge >= 0.3 is 0 Å². The number of nitrogens with zero attached hydrogens (tertiary/aromatic N) is 4. The molecule has 9 heteroatoms. The number of anilines is 1. The van der Waals surface area contributed by atoms with Crippen molar-refractivity contribution in [2.75, 3.05) is 26.5 Å². The third-order valence-electron chi connectivity index (χ3n) is 6.06. The Balaban J connectivity index is 1.68. The van der Waals surface area contributed by atoms with Gasteiger partial charge in [0.2, 0.25) is 0 Å². The molecule has 0 saturated heterocycles. The predicted octanol–water partition coefficient (Wildman–Crippen LogP) is 5.19. The number of para-hydroxylation sites is 1. The van der Waals surface area contributed by atoms with E-state index in [4.69, 9.17) is 4.74 Å². The Bertz CT molecular complexity index is 1660. The van der Waals surface area contributed by atoms with Crippen LogP contribution in [0.1, 0.15) is 31.9 Å². The van der Waals surface area contributed by atoms with Gasteiger partial charge in [-0.05, 0) is 42.3 Å². The lowest BCUT2D eigenvalue weighted by Gasteiger charge is -2.08. The van der Waals surface area contributed by atoms with Gasteiger partial charge in [0.05, 0.1) is 17.6 Å². The highest BCUT2D eigenvalue weighted by Crippen LogP contribution is 2.34. The minimum atomic E-state index is -0.654. The number of carbonyl (C=O) groups is 2. The SMILES string of the molecule is COc1cccc(Cn2cc(/C=C(\C#N)C(=O)Nc3sc(C(=O)N(C)C)c(C)c3C#N)c3ccccc32)c1. The van der Waals surface area contributed by atoms with Crippen LogP contribution in [-0.2, 0) is 11.3 Å². The zero-order valence-electron chi connectivity index (χ0n) is 21.4. The molecular weight excluding hydrogens is 498 g/mol. The Kier molecular flexibility index (Phi) is 7.61. The van der Waals surface area contributed by atoms with Gasteiger partial charge in [0, 0.05) is 43.3 Å². The first-order valence-corrected chi connectivity index (χ1v) is 12.5. The van der Waals surface area contributed by atoms with E-state index in [9.17, 15) is 20.1 Å². The molecule has 4 aromatic rings. The first kappa shape index (κ1) is 26.2. The van der Waals surface area contributed by atoms with Crippen LogP contribution in [0, 0.1) is 29.6 Å². The van der Waals surface area contributed by atoms with Crippen LogP contribution < -0.4 is 10.1 Å². The van der Waals surface area contributed by atoms with Crippen molar-refractivity contribution >= 4 is 45.1 Å². The number of hydrogen-bond donors (Lipinski definition) is 1. The van der Waals surface area contributed by atoms with Gasteiger partial charge < -0.3 is 19.5 Å². The number of carbonyl (C=O) groups excluding carboxylic acids is 2. The van der Waals surface area contributed by atoms with Crippen LogP contribution >= 0.6 is 11.3 Å². The van der Waals surface area contributed by atoms with Gasteiger partial charge in [0.25, 0.3) is 11.8 Å². The monoisotopic (exact) mass is 523 g/mol. The maximum absolute atomic E-state index is 13.1. The number of hydrogen-bond acceptors (Lipinski definition) is 6. The van der Waals surface area contributed by atoms with Crippen molar-refractivity contribution in [3.63, 3.8) is 0 Å². The molecule has 0 fully saturated rings. The second-order valence-electron chi connectivity index (χ2n) is 8.78. The van der Waals surface area contributed by atoms with E-state index in [1.807, 2.05) is 60.8 Å². The fraction of sp³-hybridized carbons (Fsp3) is 0.172. The summed E-state index contributed by atoms with van der Waals surface area (Å²) in [6, 6.07) is 19.6. The highest BCUT2D eigenvalue weighted by molar-refractivity contribution is 7.18. The summed E-state index contributed by atoms with van der Waals surface area (Å²) >= 11 is 1.02. The third-order valence-corrected chi connectivity index (χ3v) is 7.25. The van der Waals surface area contributed by atoms with E-state index >= 15 is 0 Å². The minimum Gasteiger partial charge on any atom is -0.497 e. The van der Waals surface area contributed by atoms with Gasteiger partial charge in [-0.15, -0.1) is 11.3 Å². The maximum atomic E-state index is 13.1. The second-order valence-corrected chi connectivity index (χ2v) is 9.80. The highest BCUT2D eigenvalue weighted by Gasteiger charge is 2.23. The van der Waals surface area contributed by atoms with Crippen molar-refractivity contribution < 1.29 is 14.3 Å². The molecule has 2 amide bonds. The Morgan fingerprint density at radius 2 is 1.92 bits per heavy atom. The fourth-order valence-electron chi connectivity index (χ4n) is 4.11. The summed E-state index contributed by atoms with van der Waals surface area (Å²) in [5.74, 6) is -0.151. The molecule has 0 radical (unpaired) electrons. The van der Waals surface area contributed by atoms with Crippen molar-refractivity contribution in [2.45, 2.75) is 13.5 Å². The molecule has 0 aliphatic carbocycles. The van der Waals surface area contributed by atoms with E-state index in [1.54, 1.807) is 28.1 Å². The number of nitrogens with one attached hydrogen (secondary N) is 1. The van der Waals surface area contributed by atoms with Crippen molar-refractivity contribution in [3.8, 4) is 17.9 Å². The smallest absolute Gasteiger partial charge is 0.266 e. The number of nitriles is 2. The zero-order chi connectivity index (χ0) is 27.4. The number of ether oxygens (including phenoxy) is 1. The van der Waals surface area contributed by atoms with Gasteiger partial charge in [-0.3, -0.25) is 9.59 Å². The third kappa shape index (κ3) is 5.15. The van der Waals surface area contributed by atoms with Gasteiger partial charge in [-0.1, -0.05) is 30.3 Å². The number of methoxy groups -OCH3 is 1. The highest BCUT2D eigenvalue weighted by atomic mass is 32.1. The molecule has 190 valence electrons. The second kappa shape index (κ2) is 11.0. The van der Waals surface area contributed by atoms with E-state index in [1.165, 1.54) is 11.0 Å². The van der Waals surface area contributed by atoms with Crippen molar-refractivity contribution in [1.82, 2.24) is 9.47 Å². The average molecular weight is 524 g/mol. The molecule has 0 atom stereocenters. The Morgan fingerprint density at radius 3 is 2.61 bits per heavy atom. The molecule has 0 aliphatic heterocycles. The van der Waals surface area contributed by atoms with E-state index in [0.29, 0.717) is 22.5 Å². The number of thiophene rings is 1. The zero-order valence-corrected chi connectivity index (χ0v) is 22.2. The topological polar surface area (TPSA) is 111 Å². The molecule has 2 aromatic heterocycles. The van der Waals surface area contributed by atoms with Crippen molar-refractivity contribution in [2.24, 2.45) is 0 Å². The van der Waals surface area contributed by atoms with Crippen LogP contribution in [-0.4, -0.2) is 42.5 Å². The Labute approximate surface area is 224 Å². The largest absolute Gasteiger partial charge is 0.497 e. The first-order chi connectivity index (χ1) is 18.3. The summed E-state index contributed by atoms with van der Waals surface area (Å²) < 4.78 is 7.39. The lowest BCUT2D eigenvalue weighted by atomic mass is 10.1. The van der Waals surface area contributed by atoms with Gasteiger partial charge in [0.1, 0.15) is 28.5 Å². The molecule has 0 saturated carbocycles. The fourth-order valence-corrected chi connectivity index (χ4v) is 5.28. The predicted molar refractivity (Wildman–Crippen MR) is 148 cm³/mol. The number of rotatable bonds is 7. The normalized spacial score (nSPS) is 11.1. The molecule has 1 N–H and O–H groups in total. The number of fused-ring (bicyclic) bond motifs is 1. The quantitative estimate of drug-likeness (QED) is 0.265. The van der Waals surface area contributed by atoms with Crippen LogP contribution in [0.15, 0.2) is 60.3 Å². The lowest BCUT2D eigenvalue weighted by molar-refractivity contribution is -0.112. The molecule has 2 aromatic carbocycles. The summed E-state index contributed by atoms with van der Waals surface area (Å²) in [6.45, 7) is 2.24. The van der Waals surface area contributed by atoms with Gasteiger partial charge in [-0.2, -0.15) is 10.5 Å². The van der Waals surface area contributed by atoms with E-state index in [2.05, 4.69) is 16.0 Å². The molecule has 0 unspecified atom stereocenters. The molecule has 2 heterocycles. The summed E-state index contributed by atoms with van der Waals surface area (Å²) in [4.78, 5) is 27.4.